The van der Waals surface area contributed by atoms with Gasteiger partial charge in [0.05, 0.1) is 28.4 Å². The van der Waals surface area contributed by atoms with E-state index in [1.54, 1.807) is 4.90 Å². The first-order chi connectivity index (χ1) is 20.2. The van der Waals surface area contributed by atoms with E-state index in [4.69, 9.17) is 18.6 Å². The summed E-state index contributed by atoms with van der Waals surface area (Å²) in [6.45, 7) is 5.33. The maximum atomic E-state index is 15.9. The first-order valence-corrected chi connectivity index (χ1v) is 14.6. The quantitative estimate of drug-likeness (QED) is 0.420. The molecule has 0 N–H and O–H groups in total. The highest BCUT2D eigenvalue weighted by molar-refractivity contribution is 9.10. The Labute approximate surface area is 246 Å². The number of hydrogen-bond donors (Lipinski definition) is 0. The van der Waals surface area contributed by atoms with Gasteiger partial charge in [0.2, 0.25) is 0 Å². The third-order valence-electron chi connectivity index (χ3n) is 8.53. The highest BCUT2D eigenvalue weighted by Crippen LogP contribution is 2.42. The Morgan fingerprint density at radius 3 is 2.73 bits per heavy atom. The molecule has 8 nitrogen and oxygen atoms in total. The molecule has 2 aromatic rings. The molecule has 0 aliphatic carbocycles. The van der Waals surface area contributed by atoms with E-state index in [0.717, 1.165) is 32.2 Å². The summed E-state index contributed by atoms with van der Waals surface area (Å²) in [7, 11) is 0. The molecule has 3 atom stereocenters. The van der Waals surface area contributed by atoms with Crippen LogP contribution in [0.4, 0.5) is 19.4 Å². The third-order valence-corrected chi connectivity index (χ3v) is 9.31. The van der Waals surface area contributed by atoms with Gasteiger partial charge in [0.15, 0.2) is 5.82 Å². The number of carbonyl (C=O) groups is 1. The van der Waals surface area contributed by atoms with Crippen molar-refractivity contribution in [3.05, 3.63) is 33.8 Å². The van der Waals surface area contributed by atoms with Gasteiger partial charge < -0.3 is 14.4 Å². The minimum absolute atomic E-state index is 0.0317. The van der Waals surface area contributed by atoms with E-state index in [-0.39, 0.29) is 57.3 Å². The zero-order valence-electron chi connectivity index (χ0n) is 26.0. The van der Waals surface area contributed by atoms with Crippen LogP contribution in [-0.2, 0) is 4.74 Å². The standard InChI is InChI=1S/C29H36BrF2N5O3/c1-17-10-21-24(23(32)22(17)30)33-26(39-16-29-8-5-9-36(29)13-18(11-29)12-31)34-25(21)35-14-19-6-7-20(15-35)37(19)27(38)40-28(2,3)4/h10,12,19-20H,5-9,11,13-16H2,1-4H3/b18-12-/t19-,20+,29-/m0/s1/i1D3. The maximum Gasteiger partial charge on any atom is 0.410 e. The third kappa shape index (κ3) is 4.82. The molecule has 4 aliphatic heterocycles. The molecule has 11 heteroatoms. The summed E-state index contributed by atoms with van der Waals surface area (Å²) >= 11 is 3.15. The van der Waals surface area contributed by atoms with Gasteiger partial charge >= 0.3 is 12.1 Å². The molecule has 0 spiro atoms. The molecule has 1 aromatic carbocycles. The van der Waals surface area contributed by atoms with E-state index >= 15 is 4.39 Å². The van der Waals surface area contributed by atoms with Crippen molar-refractivity contribution in [3.8, 4) is 6.01 Å². The summed E-state index contributed by atoms with van der Waals surface area (Å²) in [6.07, 6.45) is 4.20. The largest absolute Gasteiger partial charge is 0.461 e. The van der Waals surface area contributed by atoms with Crippen molar-refractivity contribution in [3.63, 3.8) is 0 Å². The monoisotopic (exact) mass is 622 g/mol. The van der Waals surface area contributed by atoms with E-state index in [9.17, 15) is 9.18 Å². The Morgan fingerprint density at radius 2 is 2.05 bits per heavy atom. The van der Waals surface area contributed by atoms with E-state index in [1.807, 2.05) is 25.7 Å². The number of amides is 1. The molecule has 4 aliphatic rings. The minimum Gasteiger partial charge on any atom is -0.461 e. The lowest BCUT2D eigenvalue weighted by molar-refractivity contribution is 0.0122. The predicted octanol–water partition coefficient (Wildman–Crippen LogP) is 5.90. The molecular formula is C29H36BrF2N5O3. The fourth-order valence-corrected chi connectivity index (χ4v) is 7.12. The Hall–Kier alpha value is -2.53. The van der Waals surface area contributed by atoms with Crippen molar-refractivity contribution < 1.29 is 27.2 Å². The summed E-state index contributed by atoms with van der Waals surface area (Å²) in [5.41, 5.74) is -0.525. The van der Waals surface area contributed by atoms with Gasteiger partial charge in [-0.1, -0.05) is 0 Å². The SMILES string of the molecule is [2H]C([2H])([2H])c1cc2c(N3C[C@H]4CC[C@@H](C3)N4C(=O)OC(C)(C)C)nc(OC[C@@]34CCCN3C/C(=C\F)C4)nc2c(F)c1Br. The van der Waals surface area contributed by atoms with Crippen LogP contribution in [-0.4, -0.2) is 81.9 Å². The highest BCUT2D eigenvalue weighted by atomic mass is 79.9. The van der Waals surface area contributed by atoms with E-state index in [2.05, 4.69) is 25.8 Å². The number of piperazine rings is 1. The van der Waals surface area contributed by atoms with Crippen LogP contribution in [0.5, 0.6) is 6.01 Å². The topological polar surface area (TPSA) is 71.0 Å². The Kier molecular flexibility index (Phi) is 6.07. The van der Waals surface area contributed by atoms with Gasteiger partial charge in [-0.15, -0.1) is 0 Å². The zero-order chi connectivity index (χ0) is 30.9. The fraction of sp³-hybridized carbons (Fsp3) is 0.621. The van der Waals surface area contributed by atoms with Crippen molar-refractivity contribution >= 4 is 38.7 Å². The van der Waals surface area contributed by atoms with Crippen LogP contribution in [0.2, 0.25) is 0 Å². The van der Waals surface area contributed by atoms with Crippen LogP contribution in [0.15, 0.2) is 22.4 Å². The molecule has 1 amide bonds. The second-order valence-electron chi connectivity index (χ2n) is 12.4. The molecule has 5 heterocycles. The minimum atomic E-state index is -2.58. The number of ether oxygens (including phenoxy) is 2. The van der Waals surface area contributed by atoms with Crippen molar-refractivity contribution in [1.82, 2.24) is 19.8 Å². The first kappa shape index (κ1) is 24.1. The number of aryl methyl sites for hydroxylation is 1. The van der Waals surface area contributed by atoms with E-state index in [1.165, 1.54) is 6.07 Å². The molecule has 4 saturated heterocycles. The molecule has 2 bridgehead atoms. The average molecular weight is 624 g/mol. The summed E-state index contributed by atoms with van der Waals surface area (Å²) in [6, 6.07) is 1.08. The molecule has 6 rings (SSSR count). The van der Waals surface area contributed by atoms with Crippen LogP contribution in [0.25, 0.3) is 10.9 Å². The maximum absolute atomic E-state index is 15.9. The predicted molar refractivity (Wildman–Crippen MR) is 152 cm³/mol. The number of nitrogens with zero attached hydrogens (tertiary/aromatic N) is 5. The summed E-state index contributed by atoms with van der Waals surface area (Å²) in [5, 5.41) is 0.258. The smallest absolute Gasteiger partial charge is 0.410 e. The van der Waals surface area contributed by atoms with Gasteiger partial charge in [0, 0.05) is 29.1 Å². The van der Waals surface area contributed by atoms with Crippen molar-refractivity contribution in [1.29, 1.82) is 0 Å². The summed E-state index contributed by atoms with van der Waals surface area (Å²) < 4.78 is 64.9. The lowest BCUT2D eigenvalue weighted by Crippen LogP contribution is -2.57. The number of hydrogen-bond acceptors (Lipinski definition) is 7. The number of aromatic nitrogens is 2. The fourth-order valence-electron chi connectivity index (χ4n) is 6.81. The van der Waals surface area contributed by atoms with Crippen LogP contribution >= 0.6 is 15.9 Å². The van der Waals surface area contributed by atoms with Crippen LogP contribution < -0.4 is 9.64 Å². The lowest BCUT2D eigenvalue weighted by Gasteiger charge is -2.42. The average Bonchev–Trinajstić information content (AvgIpc) is 3.55. The van der Waals surface area contributed by atoms with Gasteiger partial charge in [0.25, 0.3) is 0 Å². The normalized spacial score (nSPS) is 29.1. The van der Waals surface area contributed by atoms with Crippen LogP contribution in [0.3, 0.4) is 0 Å². The lowest BCUT2D eigenvalue weighted by atomic mass is 9.94. The number of fused-ring (bicyclic) bond motifs is 4. The van der Waals surface area contributed by atoms with Gasteiger partial charge in [-0.25, -0.2) is 13.6 Å². The van der Waals surface area contributed by atoms with Crippen molar-refractivity contribution in [2.24, 2.45) is 0 Å². The molecule has 0 saturated carbocycles. The first-order valence-electron chi connectivity index (χ1n) is 15.3. The molecule has 40 heavy (non-hydrogen) atoms. The van der Waals surface area contributed by atoms with Gasteiger partial charge in [-0.2, -0.15) is 9.97 Å². The second kappa shape index (κ2) is 10.1. The van der Waals surface area contributed by atoms with Crippen molar-refractivity contribution in [2.75, 3.05) is 37.7 Å². The van der Waals surface area contributed by atoms with Crippen molar-refractivity contribution in [2.45, 2.75) is 83.0 Å². The Morgan fingerprint density at radius 1 is 1.30 bits per heavy atom. The zero-order valence-corrected chi connectivity index (χ0v) is 24.6. The van der Waals surface area contributed by atoms with E-state index < -0.39 is 18.3 Å². The number of rotatable bonds is 4. The van der Waals surface area contributed by atoms with Gasteiger partial charge in [0.1, 0.15) is 23.5 Å². The van der Waals surface area contributed by atoms with E-state index in [0.29, 0.717) is 43.8 Å². The Balaban J connectivity index is 1.37. The molecular weight excluding hydrogens is 584 g/mol. The van der Waals surface area contributed by atoms with Gasteiger partial charge in [-0.3, -0.25) is 9.80 Å². The molecule has 1 aromatic heterocycles. The highest BCUT2D eigenvalue weighted by Gasteiger charge is 2.48. The number of carbonyl (C=O) groups excluding carboxylic acids is 1. The summed E-state index contributed by atoms with van der Waals surface area (Å²) in [5.74, 6) is -0.453. The van der Waals surface area contributed by atoms with Crippen LogP contribution in [0.1, 0.15) is 62.6 Å². The molecule has 216 valence electrons. The number of anilines is 1. The number of benzene rings is 1. The molecule has 0 unspecified atom stereocenters. The Bertz CT molecular complexity index is 1470. The number of halogens is 3. The van der Waals surface area contributed by atoms with Crippen LogP contribution in [0, 0.1) is 12.7 Å². The summed E-state index contributed by atoms with van der Waals surface area (Å²) in [4.78, 5) is 28.2. The van der Waals surface area contributed by atoms with Gasteiger partial charge in [-0.05, 0) is 99.4 Å². The molecule has 4 fully saturated rings. The molecule has 0 radical (unpaired) electrons. The second-order valence-corrected chi connectivity index (χ2v) is 13.2.